The van der Waals surface area contributed by atoms with Gasteiger partial charge in [-0.05, 0) is 35.4 Å². The molecule has 158 valence electrons. The molecule has 9 nitrogen and oxygen atoms in total. The second kappa shape index (κ2) is 8.70. The van der Waals surface area contributed by atoms with E-state index in [1.807, 2.05) is 65.6 Å². The van der Waals surface area contributed by atoms with Crippen LogP contribution in [-0.4, -0.2) is 46.4 Å². The van der Waals surface area contributed by atoms with Crippen molar-refractivity contribution in [1.82, 2.24) is 15.1 Å². The van der Waals surface area contributed by atoms with Gasteiger partial charge in [-0.2, -0.15) is 5.10 Å². The third-order valence-electron chi connectivity index (χ3n) is 5.27. The molecule has 1 fully saturated rings. The van der Waals surface area contributed by atoms with Crippen molar-refractivity contribution in [2.45, 2.75) is 12.3 Å². The molecule has 9 heteroatoms. The molecular formula is C22H21N5O4. The van der Waals surface area contributed by atoms with Crippen LogP contribution in [0.3, 0.4) is 0 Å². The first-order valence-corrected chi connectivity index (χ1v) is 9.77. The first-order valence-electron chi connectivity index (χ1n) is 9.77. The SMILES string of the molecule is O=C1CC(c2cnn(-c3ccccc3)c2)c2ccc(N3CCNC3=O)cc2N1.O=CO. The number of rotatable bonds is 3. The number of anilines is 2. The summed E-state index contributed by atoms with van der Waals surface area (Å²) in [5.74, 6) is -0.101. The van der Waals surface area contributed by atoms with E-state index >= 15 is 0 Å². The smallest absolute Gasteiger partial charge is 0.321 e. The van der Waals surface area contributed by atoms with Crippen molar-refractivity contribution < 1.29 is 19.5 Å². The average molecular weight is 419 g/mol. The van der Waals surface area contributed by atoms with E-state index in [1.165, 1.54) is 0 Å². The van der Waals surface area contributed by atoms with Crippen LogP contribution in [0.5, 0.6) is 0 Å². The van der Waals surface area contributed by atoms with E-state index in [4.69, 9.17) is 9.90 Å². The molecule has 0 saturated carbocycles. The zero-order valence-corrected chi connectivity index (χ0v) is 16.6. The zero-order chi connectivity index (χ0) is 21.8. The molecule has 2 aliphatic rings. The van der Waals surface area contributed by atoms with E-state index in [1.54, 1.807) is 4.90 Å². The number of carbonyl (C=O) groups is 3. The van der Waals surface area contributed by atoms with E-state index in [-0.39, 0.29) is 24.3 Å². The number of urea groups is 1. The lowest BCUT2D eigenvalue weighted by Crippen LogP contribution is -2.28. The van der Waals surface area contributed by atoms with Gasteiger partial charge in [-0.1, -0.05) is 24.3 Å². The van der Waals surface area contributed by atoms with Crippen LogP contribution in [-0.2, 0) is 9.59 Å². The second-order valence-electron chi connectivity index (χ2n) is 7.12. The third kappa shape index (κ3) is 4.11. The standard InChI is InChI=1S/C21H19N5O2.CH2O2/c27-20-11-18(14-12-23-26(13-14)15-4-2-1-3-5-15)17-7-6-16(10-19(17)24-20)25-9-8-22-21(25)28;2-1-3/h1-7,10,12-13,18H,8-9,11H2,(H,22,28)(H,24,27);1H,(H,2,3). The summed E-state index contributed by atoms with van der Waals surface area (Å²) in [4.78, 5) is 34.3. The number of carbonyl (C=O) groups excluding carboxylic acids is 2. The Morgan fingerprint density at radius 2 is 1.87 bits per heavy atom. The molecule has 3 N–H and O–H groups in total. The summed E-state index contributed by atoms with van der Waals surface area (Å²) in [6.07, 6.45) is 4.17. The Bertz CT molecular complexity index is 1110. The minimum Gasteiger partial charge on any atom is -0.483 e. The van der Waals surface area contributed by atoms with Gasteiger partial charge in [0.1, 0.15) is 0 Å². The molecule has 3 heterocycles. The van der Waals surface area contributed by atoms with Crippen LogP contribution in [0.2, 0.25) is 0 Å². The Morgan fingerprint density at radius 1 is 1.10 bits per heavy atom. The van der Waals surface area contributed by atoms with Crippen molar-refractivity contribution in [3.8, 4) is 5.69 Å². The molecule has 0 spiro atoms. The van der Waals surface area contributed by atoms with E-state index in [0.29, 0.717) is 19.5 Å². The maximum atomic E-state index is 12.4. The Hall–Kier alpha value is -4.14. The molecule has 1 aromatic heterocycles. The third-order valence-corrected chi connectivity index (χ3v) is 5.27. The molecule has 1 unspecified atom stereocenters. The lowest BCUT2D eigenvalue weighted by atomic mass is 9.86. The molecule has 1 saturated heterocycles. The van der Waals surface area contributed by atoms with Crippen molar-refractivity contribution >= 4 is 29.8 Å². The fraction of sp³-hybridized carbons (Fsp3) is 0.182. The minimum atomic E-state index is -0.250. The molecule has 3 amide bonds. The maximum Gasteiger partial charge on any atom is 0.321 e. The molecule has 0 bridgehead atoms. The summed E-state index contributed by atoms with van der Waals surface area (Å²) in [6, 6.07) is 15.6. The maximum absolute atomic E-state index is 12.4. The number of aromatic nitrogens is 2. The molecule has 0 aliphatic carbocycles. The lowest BCUT2D eigenvalue weighted by molar-refractivity contribution is -0.123. The number of amides is 3. The largest absolute Gasteiger partial charge is 0.483 e. The predicted octanol–water partition coefficient (Wildman–Crippen LogP) is 2.58. The van der Waals surface area contributed by atoms with Crippen LogP contribution in [0.15, 0.2) is 60.9 Å². The van der Waals surface area contributed by atoms with Gasteiger partial charge >= 0.3 is 6.03 Å². The van der Waals surface area contributed by atoms with Crippen LogP contribution < -0.4 is 15.5 Å². The van der Waals surface area contributed by atoms with Crippen molar-refractivity contribution in [2.24, 2.45) is 0 Å². The van der Waals surface area contributed by atoms with Gasteiger partial charge in [-0.15, -0.1) is 0 Å². The van der Waals surface area contributed by atoms with Gasteiger partial charge in [-0.3, -0.25) is 14.5 Å². The highest BCUT2D eigenvalue weighted by molar-refractivity contribution is 5.98. The summed E-state index contributed by atoms with van der Waals surface area (Å²) < 4.78 is 1.82. The molecule has 3 aromatic rings. The molecule has 5 rings (SSSR count). The highest BCUT2D eigenvalue weighted by atomic mass is 16.3. The van der Waals surface area contributed by atoms with Crippen molar-refractivity contribution in [2.75, 3.05) is 23.3 Å². The Kier molecular flexibility index (Phi) is 5.65. The lowest BCUT2D eigenvalue weighted by Gasteiger charge is -2.26. The van der Waals surface area contributed by atoms with E-state index < -0.39 is 0 Å². The predicted molar refractivity (Wildman–Crippen MR) is 115 cm³/mol. The zero-order valence-electron chi connectivity index (χ0n) is 16.6. The van der Waals surface area contributed by atoms with Crippen LogP contribution in [0.1, 0.15) is 23.5 Å². The van der Waals surface area contributed by atoms with Crippen molar-refractivity contribution in [3.05, 3.63) is 72.1 Å². The highest BCUT2D eigenvalue weighted by Gasteiger charge is 2.29. The molecule has 31 heavy (non-hydrogen) atoms. The Balaban J connectivity index is 0.000000730. The van der Waals surface area contributed by atoms with Gasteiger partial charge in [0, 0.05) is 43.0 Å². The summed E-state index contributed by atoms with van der Waals surface area (Å²) >= 11 is 0. The number of hydrogen-bond donors (Lipinski definition) is 3. The number of nitrogens with one attached hydrogen (secondary N) is 2. The molecular weight excluding hydrogens is 398 g/mol. The summed E-state index contributed by atoms with van der Waals surface area (Å²) in [5, 5.41) is 17.1. The number of fused-ring (bicyclic) bond motifs is 1. The topological polar surface area (TPSA) is 117 Å². The number of hydrogen-bond acceptors (Lipinski definition) is 4. The van der Waals surface area contributed by atoms with Gasteiger partial charge in [0.05, 0.1) is 11.9 Å². The fourth-order valence-corrected chi connectivity index (χ4v) is 3.87. The van der Waals surface area contributed by atoms with E-state index in [2.05, 4.69) is 15.7 Å². The average Bonchev–Trinajstić information content (AvgIpc) is 3.43. The minimum absolute atomic E-state index is 0.0343. The van der Waals surface area contributed by atoms with Crippen LogP contribution in [0.4, 0.5) is 16.2 Å². The first-order chi connectivity index (χ1) is 15.1. The van der Waals surface area contributed by atoms with E-state index in [0.717, 1.165) is 28.2 Å². The Morgan fingerprint density at radius 3 is 2.58 bits per heavy atom. The van der Waals surface area contributed by atoms with Gasteiger partial charge in [0.15, 0.2) is 0 Å². The Labute approximate surface area is 178 Å². The fourth-order valence-electron chi connectivity index (χ4n) is 3.87. The van der Waals surface area contributed by atoms with Crippen molar-refractivity contribution in [3.63, 3.8) is 0 Å². The van der Waals surface area contributed by atoms with Gasteiger partial charge in [0.2, 0.25) is 5.91 Å². The van der Waals surface area contributed by atoms with Gasteiger partial charge in [-0.25, -0.2) is 9.48 Å². The number of nitrogens with zero attached hydrogens (tertiary/aromatic N) is 3. The summed E-state index contributed by atoms with van der Waals surface area (Å²) in [5.41, 5.74) is 4.55. The van der Waals surface area contributed by atoms with E-state index in [9.17, 15) is 9.59 Å². The first kappa shape index (κ1) is 20.1. The second-order valence-corrected chi connectivity index (χ2v) is 7.12. The van der Waals surface area contributed by atoms with Crippen LogP contribution in [0, 0.1) is 0 Å². The van der Waals surface area contributed by atoms with Gasteiger partial charge < -0.3 is 15.7 Å². The molecule has 2 aliphatic heterocycles. The van der Waals surface area contributed by atoms with Crippen LogP contribution >= 0.6 is 0 Å². The molecule has 0 radical (unpaired) electrons. The normalized spacial score (nSPS) is 17.2. The van der Waals surface area contributed by atoms with Crippen LogP contribution in [0.25, 0.3) is 5.69 Å². The quantitative estimate of drug-likeness (QED) is 0.564. The monoisotopic (exact) mass is 419 g/mol. The molecule has 2 aromatic carbocycles. The van der Waals surface area contributed by atoms with Gasteiger partial charge in [0.25, 0.3) is 6.47 Å². The number of benzene rings is 2. The summed E-state index contributed by atoms with van der Waals surface area (Å²) in [6.45, 7) is 1.00. The van der Waals surface area contributed by atoms with Crippen molar-refractivity contribution in [1.29, 1.82) is 0 Å². The molecule has 1 atom stereocenters. The number of para-hydroxylation sites is 1. The summed E-state index contributed by atoms with van der Waals surface area (Å²) in [7, 11) is 0. The highest BCUT2D eigenvalue weighted by Crippen LogP contribution is 2.39. The number of carboxylic acid groups (broad SMARTS) is 1.